The fourth-order valence-electron chi connectivity index (χ4n) is 2.12. The lowest BCUT2D eigenvalue weighted by Crippen LogP contribution is -2.19. The second-order valence-corrected chi connectivity index (χ2v) is 5.83. The Bertz CT molecular complexity index is 809. The highest BCUT2D eigenvalue weighted by molar-refractivity contribution is 7.15. The number of nitrogens with zero attached hydrogens (tertiary/aromatic N) is 3. The van der Waals surface area contributed by atoms with Gasteiger partial charge in [-0.05, 0) is 23.9 Å². The molecule has 5 nitrogen and oxygen atoms in total. The summed E-state index contributed by atoms with van der Waals surface area (Å²) in [6.07, 6.45) is 2.85. The molecule has 0 saturated heterocycles. The van der Waals surface area contributed by atoms with Crippen molar-refractivity contribution in [2.24, 2.45) is 0 Å². The molecule has 0 aliphatic carbocycles. The molecule has 2 heterocycles. The Labute approximate surface area is 126 Å². The van der Waals surface area contributed by atoms with Crippen LogP contribution in [0.1, 0.15) is 18.4 Å². The molecule has 0 fully saturated rings. The maximum atomic E-state index is 12.4. The second kappa shape index (κ2) is 6.05. The van der Waals surface area contributed by atoms with Crippen LogP contribution in [0.2, 0.25) is 0 Å². The Balaban J connectivity index is 1.86. The molecule has 1 aromatic carbocycles. The average molecular weight is 300 g/mol. The molecule has 0 amide bonds. The van der Waals surface area contributed by atoms with Crippen LogP contribution >= 0.6 is 11.3 Å². The van der Waals surface area contributed by atoms with Gasteiger partial charge in [-0.15, -0.1) is 10.2 Å². The summed E-state index contributed by atoms with van der Waals surface area (Å²) in [6, 6.07) is 9.56. The molecule has 6 heteroatoms. The third-order valence-corrected chi connectivity index (χ3v) is 4.05. The normalized spacial score (nSPS) is 10.9. The van der Waals surface area contributed by atoms with Crippen LogP contribution in [0.4, 0.5) is 5.13 Å². The van der Waals surface area contributed by atoms with E-state index in [4.69, 9.17) is 0 Å². The van der Waals surface area contributed by atoms with Gasteiger partial charge in [0.2, 0.25) is 5.13 Å². The van der Waals surface area contributed by atoms with Crippen molar-refractivity contribution in [3.63, 3.8) is 0 Å². The smallest absolute Gasteiger partial charge is 0.258 e. The van der Waals surface area contributed by atoms with Crippen LogP contribution in [0.25, 0.3) is 10.8 Å². The van der Waals surface area contributed by atoms with E-state index in [1.807, 2.05) is 36.5 Å². The molecule has 0 unspecified atom stereocenters. The van der Waals surface area contributed by atoms with Crippen LogP contribution in [-0.2, 0) is 6.54 Å². The highest BCUT2D eigenvalue weighted by atomic mass is 32.1. The first-order chi connectivity index (χ1) is 10.3. The van der Waals surface area contributed by atoms with Gasteiger partial charge in [-0.1, -0.05) is 36.5 Å². The molecular formula is C15H16N4OS. The first-order valence-electron chi connectivity index (χ1n) is 6.92. The summed E-state index contributed by atoms with van der Waals surface area (Å²) in [5.74, 6) is 0. The van der Waals surface area contributed by atoms with Crippen molar-refractivity contribution in [2.45, 2.75) is 19.9 Å². The molecule has 2 aromatic heterocycles. The number of nitrogens with one attached hydrogen (secondary N) is 1. The number of hydrogen-bond acceptors (Lipinski definition) is 5. The lowest BCUT2D eigenvalue weighted by molar-refractivity contribution is 0.751. The summed E-state index contributed by atoms with van der Waals surface area (Å²) in [4.78, 5) is 12.4. The van der Waals surface area contributed by atoms with Crippen molar-refractivity contribution in [3.05, 3.63) is 51.9 Å². The van der Waals surface area contributed by atoms with Crippen LogP contribution in [0, 0.1) is 0 Å². The van der Waals surface area contributed by atoms with E-state index in [1.165, 1.54) is 11.3 Å². The molecule has 0 atom stereocenters. The summed E-state index contributed by atoms with van der Waals surface area (Å²) >= 11 is 1.49. The predicted octanol–water partition coefficient (Wildman–Crippen LogP) is 2.72. The van der Waals surface area contributed by atoms with Gasteiger partial charge in [0.25, 0.3) is 5.56 Å². The molecule has 0 bridgehead atoms. The van der Waals surface area contributed by atoms with Gasteiger partial charge in [0.1, 0.15) is 5.01 Å². The Kier molecular flexibility index (Phi) is 3.96. The largest absolute Gasteiger partial charge is 0.360 e. The molecule has 0 radical (unpaired) electrons. The molecule has 3 rings (SSSR count). The summed E-state index contributed by atoms with van der Waals surface area (Å²) < 4.78 is 1.67. The Morgan fingerprint density at radius 1 is 1.24 bits per heavy atom. The lowest BCUT2D eigenvalue weighted by Gasteiger charge is -2.04. The Morgan fingerprint density at radius 2 is 2.10 bits per heavy atom. The molecule has 21 heavy (non-hydrogen) atoms. The molecule has 0 aliphatic rings. The predicted molar refractivity (Wildman–Crippen MR) is 86.0 cm³/mol. The van der Waals surface area contributed by atoms with Crippen LogP contribution in [-0.4, -0.2) is 21.3 Å². The van der Waals surface area contributed by atoms with Crippen LogP contribution < -0.4 is 10.9 Å². The van der Waals surface area contributed by atoms with Gasteiger partial charge in [-0.25, -0.2) is 0 Å². The SMILES string of the molecule is CCCNc1nnc(Cn2ccc3ccccc3c2=O)s1. The molecule has 108 valence electrons. The fourth-order valence-corrected chi connectivity index (χ4v) is 2.89. The van der Waals surface area contributed by atoms with Gasteiger partial charge in [0.05, 0.1) is 6.54 Å². The van der Waals surface area contributed by atoms with E-state index in [0.717, 1.165) is 33.9 Å². The lowest BCUT2D eigenvalue weighted by atomic mass is 10.2. The summed E-state index contributed by atoms with van der Waals surface area (Å²) in [5, 5.41) is 14.7. The number of benzene rings is 1. The molecular weight excluding hydrogens is 284 g/mol. The second-order valence-electron chi connectivity index (χ2n) is 4.76. The standard InChI is InChI=1S/C15H16N4OS/c1-2-8-16-15-18-17-13(21-15)10-19-9-7-11-5-3-4-6-12(11)14(19)20/h3-7,9H,2,8,10H2,1H3,(H,16,18). The third kappa shape index (κ3) is 2.95. The van der Waals surface area contributed by atoms with Crippen molar-refractivity contribution < 1.29 is 0 Å². The maximum Gasteiger partial charge on any atom is 0.258 e. The summed E-state index contributed by atoms with van der Waals surface area (Å²) in [6.45, 7) is 3.43. The minimum absolute atomic E-state index is 0.00590. The van der Waals surface area contributed by atoms with Crippen LogP contribution in [0.5, 0.6) is 0 Å². The highest BCUT2D eigenvalue weighted by Crippen LogP contribution is 2.16. The molecule has 3 aromatic rings. The van der Waals surface area contributed by atoms with E-state index < -0.39 is 0 Å². The minimum atomic E-state index is 0.00590. The van der Waals surface area contributed by atoms with Crippen molar-refractivity contribution >= 4 is 27.2 Å². The maximum absolute atomic E-state index is 12.4. The van der Waals surface area contributed by atoms with Gasteiger partial charge in [0.15, 0.2) is 0 Å². The molecule has 0 aliphatic heterocycles. The van der Waals surface area contributed by atoms with E-state index in [2.05, 4.69) is 22.4 Å². The van der Waals surface area contributed by atoms with Gasteiger partial charge >= 0.3 is 0 Å². The van der Waals surface area contributed by atoms with E-state index >= 15 is 0 Å². The zero-order valence-electron chi connectivity index (χ0n) is 11.7. The number of anilines is 1. The van der Waals surface area contributed by atoms with E-state index in [0.29, 0.717) is 6.54 Å². The number of aromatic nitrogens is 3. The van der Waals surface area contributed by atoms with E-state index in [9.17, 15) is 4.79 Å². The molecule has 0 saturated carbocycles. The Morgan fingerprint density at radius 3 is 2.95 bits per heavy atom. The summed E-state index contributed by atoms with van der Waals surface area (Å²) in [7, 11) is 0. The number of hydrogen-bond donors (Lipinski definition) is 1. The summed E-state index contributed by atoms with van der Waals surface area (Å²) in [5.41, 5.74) is 0.00590. The van der Waals surface area contributed by atoms with Gasteiger partial charge < -0.3 is 9.88 Å². The van der Waals surface area contributed by atoms with Crippen molar-refractivity contribution in [1.82, 2.24) is 14.8 Å². The zero-order chi connectivity index (χ0) is 14.7. The van der Waals surface area contributed by atoms with Gasteiger partial charge in [0, 0.05) is 18.1 Å². The van der Waals surface area contributed by atoms with Gasteiger partial charge in [-0.2, -0.15) is 0 Å². The van der Waals surface area contributed by atoms with Gasteiger partial charge in [-0.3, -0.25) is 4.79 Å². The highest BCUT2D eigenvalue weighted by Gasteiger charge is 2.07. The quantitative estimate of drug-likeness (QED) is 0.787. The fraction of sp³-hybridized carbons (Fsp3) is 0.267. The third-order valence-electron chi connectivity index (χ3n) is 3.18. The topological polar surface area (TPSA) is 59.8 Å². The van der Waals surface area contributed by atoms with Crippen LogP contribution in [0.15, 0.2) is 41.3 Å². The van der Waals surface area contributed by atoms with E-state index in [-0.39, 0.29) is 5.56 Å². The monoisotopic (exact) mass is 300 g/mol. The number of pyridine rings is 1. The van der Waals surface area contributed by atoms with Crippen molar-refractivity contribution in [1.29, 1.82) is 0 Å². The van der Waals surface area contributed by atoms with Crippen molar-refractivity contribution in [2.75, 3.05) is 11.9 Å². The number of fused-ring (bicyclic) bond motifs is 1. The van der Waals surface area contributed by atoms with Crippen molar-refractivity contribution in [3.8, 4) is 0 Å². The first-order valence-corrected chi connectivity index (χ1v) is 7.74. The molecule has 0 spiro atoms. The zero-order valence-corrected chi connectivity index (χ0v) is 12.6. The average Bonchev–Trinajstić information content (AvgIpc) is 2.96. The minimum Gasteiger partial charge on any atom is -0.360 e. The van der Waals surface area contributed by atoms with Crippen LogP contribution in [0.3, 0.4) is 0 Å². The van der Waals surface area contributed by atoms with E-state index in [1.54, 1.807) is 4.57 Å². The Hall–Kier alpha value is -2.21. The molecule has 1 N–H and O–H groups in total. The number of rotatable bonds is 5. The first kappa shape index (κ1) is 13.8.